The van der Waals surface area contributed by atoms with Crippen molar-refractivity contribution in [3.05, 3.63) is 29.6 Å². The molecule has 0 aromatic carbocycles. The first-order valence-electron chi connectivity index (χ1n) is 4.63. The van der Waals surface area contributed by atoms with E-state index < -0.39 is 0 Å². The van der Waals surface area contributed by atoms with E-state index in [4.69, 9.17) is 4.74 Å². The lowest BCUT2D eigenvalue weighted by atomic mass is 10.1. The number of nitrogens with zero attached hydrogens (tertiary/aromatic N) is 1. The number of hydrogen-bond acceptors (Lipinski definition) is 3. The summed E-state index contributed by atoms with van der Waals surface area (Å²) in [5.74, 6) is 0.133. The van der Waals surface area contributed by atoms with Crippen LogP contribution in [-0.4, -0.2) is 24.5 Å². The molecular weight excluding hydrogens is 178 g/mol. The Bertz CT molecular complexity index is 310. The second kappa shape index (κ2) is 5.50. The molecule has 0 bridgehead atoms. The third-order valence-corrected chi connectivity index (χ3v) is 1.93. The lowest BCUT2D eigenvalue weighted by molar-refractivity contribution is -0.122. The number of ketones is 1. The van der Waals surface area contributed by atoms with Gasteiger partial charge in [0.2, 0.25) is 0 Å². The van der Waals surface area contributed by atoms with Crippen LogP contribution in [0.1, 0.15) is 17.5 Å². The Kier molecular flexibility index (Phi) is 4.26. The van der Waals surface area contributed by atoms with E-state index in [0.29, 0.717) is 6.42 Å². The van der Waals surface area contributed by atoms with Gasteiger partial charge in [0.1, 0.15) is 6.61 Å². The van der Waals surface area contributed by atoms with E-state index >= 15 is 0 Å². The molecule has 0 N–H and O–H groups in total. The molecule has 0 aliphatic rings. The number of carbonyl (C=O) groups is 1. The lowest BCUT2D eigenvalue weighted by Gasteiger charge is -2.01. The number of hydrogen-bond donors (Lipinski definition) is 0. The molecule has 0 aliphatic heterocycles. The molecule has 0 radical (unpaired) electrons. The summed E-state index contributed by atoms with van der Waals surface area (Å²) in [7, 11) is 1.53. The SMILES string of the molecule is COCC(=O)CCc1cncc(C)c1. The molecule has 1 aromatic rings. The highest BCUT2D eigenvalue weighted by Crippen LogP contribution is 2.04. The van der Waals surface area contributed by atoms with Gasteiger partial charge < -0.3 is 4.74 Å². The number of ether oxygens (including phenoxy) is 1. The van der Waals surface area contributed by atoms with Crippen LogP contribution in [0.3, 0.4) is 0 Å². The Morgan fingerprint density at radius 2 is 2.29 bits per heavy atom. The fourth-order valence-electron chi connectivity index (χ4n) is 1.27. The van der Waals surface area contributed by atoms with Crippen LogP contribution in [0.4, 0.5) is 0 Å². The zero-order valence-corrected chi connectivity index (χ0v) is 8.62. The molecule has 14 heavy (non-hydrogen) atoms. The van der Waals surface area contributed by atoms with Gasteiger partial charge in [-0.3, -0.25) is 9.78 Å². The van der Waals surface area contributed by atoms with Gasteiger partial charge in [-0.1, -0.05) is 6.07 Å². The molecule has 1 heterocycles. The maximum atomic E-state index is 11.2. The summed E-state index contributed by atoms with van der Waals surface area (Å²) in [6.45, 7) is 2.20. The van der Waals surface area contributed by atoms with E-state index in [2.05, 4.69) is 4.98 Å². The van der Waals surface area contributed by atoms with Crippen LogP contribution in [0.15, 0.2) is 18.5 Å². The summed E-state index contributed by atoms with van der Waals surface area (Å²) in [5, 5.41) is 0. The number of methoxy groups -OCH3 is 1. The molecule has 1 aromatic heterocycles. The van der Waals surface area contributed by atoms with Crippen molar-refractivity contribution in [1.29, 1.82) is 0 Å². The second-order valence-corrected chi connectivity index (χ2v) is 3.34. The van der Waals surface area contributed by atoms with Crippen molar-refractivity contribution in [2.24, 2.45) is 0 Å². The van der Waals surface area contributed by atoms with Crippen molar-refractivity contribution < 1.29 is 9.53 Å². The summed E-state index contributed by atoms with van der Waals surface area (Å²) in [6, 6.07) is 2.05. The fourth-order valence-corrected chi connectivity index (χ4v) is 1.27. The van der Waals surface area contributed by atoms with Crippen LogP contribution in [-0.2, 0) is 16.0 Å². The number of aryl methyl sites for hydroxylation is 2. The Labute approximate surface area is 84.1 Å². The van der Waals surface area contributed by atoms with E-state index in [1.807, 2.05) is 13.0 Å². The van der Waals surface area contributed by atoms with Crippen LogP contribution >= 0.6 is 0 Å². The largest absolute Gasteiger partial charge is 0.377 e. The number of carbonyl (C=O) groups excluding carboxylic acids is 1. The minimum Gasteiger partial charge on any atom is -0.377 e. The van der Waals surface area contributed by atoms with Crippen molar-refractivity contribution in [2.45, 2.75) is 19.8 Å². The highest BCUT2D eigenvalue weighted by Gasteiger charge is 2.01. The molecule has 0 saturated heterocycles. The molecule has 0 spiro atoms. The summed E-state index contributed by atoms with van der Waals surface area (Å²) in [6.07, 6.45) is 4.88. The molecule has 1 rings (SSSR count). The number of rotatable bonds is 5. The predicted octanol–water partition coefficient (Wildman–Crippen LogP) is 1.54. The van der Waals surface area contributed by atoms with Gasteiger partial charge in [0.25, 0.3) is 0 Å². The van der Waals surface area contributed by atoms with Gasteiger partial charge in [0.15, 0.2) is 5.78 Å². The smallest absolute Gasteiger partial charge is 0.158 e. The zero-order valence-electron chi connectivity index (χ0n) is 8.62. The molecule has 0 amide bonds. The van der Waals surface area contributed by atoms with Crippen LogP contribution in [0, 0.1) is 6.92 Å². The van der Waals surface area contributed by atoms with Gasteiger partial charge in [0, 0.05) is 25.9 Å². The van der Waals surface area contributed by atoms with Gasteiger partial charge in [0.05, 0.1) is 0 Å². The van der Waals surface area contributed by atoms with E-state index in [1.165, 1.54) is 7.11 Å². The maximum Gasteiger partial charge on any atom is 0.158 e. The minimum absolute atomic E-state index is 0.133. The second-order valence-electron chi connectivity index (χ2n) is 3.34. The molecule has 0 atom stereocenters. The summed E-state index contributed by atoms with van der Waals surface area (Å²) in [5.41, 5.74) is 2.23. The Morgan fingerprint density at radius 1 is 1.50 bits per heavy atom. The van der Waals surface area contributed by atoms with Crippen LogP contribution in [0.25, 0.3) is 0 Å². The van der Waals surface area contributed by atoms with Crippen molar-refractivity contribution in [3.8, 4) is 0 Å². The number of pyridine rings is 1. The van der Waals surface area contributed by atoms with Gasteiger partial charge in [-0.05, 0) is 24.5 Å². The summed E-state index contributed by atoms with van der Waals surface area (Å²) < 4.78 is 4.75. The standard InChI is InChI=1S/C11H15NO2/c1-9-5-10(7-12-6-9)3-4-11(13)8-14-2/h5-7H,3-4,8H2,1-2H3. The van der Waals surface area contributed by atoms with Crippen molar-refractivity contribution in [1.82, 2.24) is 4.98 Å². The highest BCUT2D eigenvalue weighted by atomic mass is 16.5. The molecular formula is C11H15NO2. The van der Waals surface area contributed by atoms with Gasteiger partial charge in [-0.2, -0.15) is 0 Å². The Morgan fingerprint density at radius 3 is 2.93 bits per heavy atom. The van der Waals surface area contributed by atoms with Crippen LogP contribution < -0.4 is 0 Å². The molecule has 3 heteroatoms. The van der Waals surface area contributed by atoms with Crippen LogP contribution in [0.5, 0.6) is 0 Å². The van der Waals surface area contributed by atoms with Crippen LogP contribution in [0.2, 0.25) is 0 Å². The monoisotopic (exact) mass is 193 g/mol. The van der Waals surface area contributed by atoms with E-state index in [9.17, 15) is 4.79 Å². The molecule has 0 saturated carbocycles. The van der Waals surface area contributed by atoms with Gasteiger partial charge in [-0.15, -0.1) is 0 Å². The van der Waals surface area contributed by atoms with E-state index in [1.54, 1.807) is 12.4 Å². The Balaban J connectivity index is 2.41. The quantitative estimate of drug-likeness (QED) is 0.712. The first kappa shape index (κ1) is 10.9. The Hall–Kier alpha value is -1.22. The summed E-state index contributed by atoms with van der Waals surface area (Å²) >= 11 is 0. The van der Waals surface area contributed by atoms with E-state index in [0.717, 1.165) is 17.5 Å². The van der Waals surface area contributed by atoms with E-state index in [-0.39, 0.29) is 12.4 Å². The number of aromatic nitrogens is 1. The highest BCUT2D eigenvalue weighted by molar-refractivity contribution is 5.79. The minimum atomic E-state index is 0.133. The van der Waals surface area contributed by atoms with Crippen molar-refractivity contribution in [2.75, 3.05) is 13.7 Å². The van der Waals surface area contributed by atoms with Crippen molar-refractivity contribution >= 4 is 5.78 Å². The number of Topliss-reactive ketones (excluding diaryl/α,β-unsaturated/α-hetero) is 1. The molecule has 3 nitrogen and oxygen atoms in total. The molecule has 0 aliphatic carbocycles. The zero-order chi connectivity index (χ0) is 10.4. The van der Waals surface area contributed by atoms with Crippen molar-refractivity contribution in [3.63, 3.8) is 0 Å². The normalized spacial score (nSPS) is 10.1. The summed E-state index contributed by atoms with van der Waals surface area (Å²) in [4.78, 5) is 15.2. The van der Waals surface area contributed by atoms with Gasteiger partial charge in [-0.25, -0.2) is 0 Å². The third-order valence-electron chi connectivity index (χ3n) is 1.93. The topological polar surface area (TPSA) is 39.2 Å². The first-order valence-corrected chi connectivity index (χ1v) is 4.63. The maximum absolute atomic E-state index is 11.2. The third kappa shape index (κ3) is 3.66. The molecule has 0 unspecified atom stereocenters. The average molecular weight is 193 g/mol. The molecule has 0 fully saturated rings. The van der Waals surface area contributed by atoms with Gasteiger partial charge >= 0.3 is 0 Å². The average Bonchev–Trinajstić information content (AvgIpc) is 2.15. The molecule has 76 valence electrons. The lowest BCUT2D eigenvalue weighted by Crippen LogP contribution is -2.07. The fraction of sp³-hybridized carbons (Fsp3) is 0.455. The predicted molar refractivity (Wildman–Crippen MR) is 54.2 cm³/mol. The first-order chi connectivity index (χ1) is 6.72.